The molecule has 30 heavy (non-hydrogen) atoms. The minimum absolute atomic E-state index is 0.00550. The summed E-state index contributed by atoms with van der Waals surface area (Å²) < 4.78 is 25.8. The first-order valence-electron chi connectivity index (χ1n) is 9.18. The maximum Gasteiger partial charge on any atom is 0.472 e. The molecule has 1 heterocycles. The fraction of sp³-hybridized carbons (Fsp3) is 0.647. The number of amides is 2. The number of ether oxygens (including phenoxy) is 1. The fourth-order valence-electron chi connectivity index (χ4n) is 2.23. The standard InChI is InChI=1S/C17H27N2O9PS/c1-4-26-13(21)5-6-14(22)30-10-9-18-12(20)7-8-19-16(23)15-17(2,3)11-27-29(24,25)28-15/h5-6,15H,4,7-11H2,1-3H3,(H,18,20)(H,19,23)(H,24,25)/b6-5+/t15-/m0/s1. The Morgan fingerprint density at radius 3 is 2.60 bits per heavy atom. The normalized spacial score (nSPS) is 23.0. The summed E-state index contributed by atoms with van der Waals surface area (Å²) in [5.74, 6) is -1.25. The summed E-state index contributed by atoms with van der Waals surface area (Å²) in [7, 11) is -4.27. The second-order valence-electron chi connectivity index (χ2n) is 6.86. The number of thioether (sulfide) groups is 1. The summed E-state index contributed by atoms with van der Waals surface area (Å²) >= 11 is 0.929. The molecule has 0 aromatic heterocycles. The van der Waals surface area contributed by atoms with Gasteiger partial charge in [0.05, 0.1) is 13.2 Å². The zero-order valence-corrected chi connectivity index (χ0v) is 18.8. The van der Waals surface area contributed by atoms with Gasteiger partial charge in [0.25, 0.3) is 0 Å². The van der Waals surface area contributed by atoms with Gasteiger partial charge >= 0.3 is 13.8 Å². The first-order chi connectivity index (χ1) is 14.0. The highest BCUT2D eigenvalue weighted by Crippen LogP contribution is 2.52. The molecule has 1 rings (SSSR count). The van der Waals surface area contributed by atoms with Gasteiger partial charge < -0.3 is 20.3 Å². The number of hydrogen-bond donors (Lipinski definition) is 3. The van der Waals surface area contributed by atoms with Gasteiger partial charge in [0, 0.05) is 36.8 Å². The Labute approximate surface area is 178 Å². The predicted molar refractivity (Wildman–Crippen MR) is 108 cm³/mol. The van der Waals surface area contributed by atoms with Crippen LogP contribution in [0.25, 0.3) is 0 Å². The number of hydrogen-bond acceptors (Lipinski definition) is 9. The van der Waals surface area contributed by atoms with E-state index in [4.69, 9.17) is 9.05 Å². The molecule has 13 heteroatoms. The van der Waals surface area contributed by atoms with Crippen molar-refractivity contribution in [3.63, 3.8) is 0 Å². The molecule has 0 spiro atoms. The molecule has 3 N–H and O–H groups in total. The van der Waals surface area contributed by atoms with Crippen molar-refractivity contribution in [3.05, 3.63) is 12.2 Å². The Morgan fingerprint density at radius 1 is 1.23 bits per heavy atom. The highest BCUT2D eigenvalue weighted by molar-refractivity contribution is 8.14. The number of phosphoric acid groups is 1. The van der Waals surface area contributed by atoms with Crippen molar-refractivity contribution >= 4 is 42.5 Å². The first kappa shape index (κ1) is 26.3. The van der Waals surface area contributed by atoms with Crippen molar-refractivity contribution in [2.24, 2.45) is 5.41 Å². The SMILES string of the molecule is CCOC(=O)/C=C/C(=O)SCCNC(=O)CCNC(=O)[C@@H]1OP(=O)(O)OCC1(C)C. The molecule has 2 atom stereocenters. The quantitative estimate of drug-likeness (QED) is 0.179. The van der Waals surface area contributed by atoms with Crippen LogP contribution < -0.4 is 10.6 Å². The second kappa shape index (κ2) is 12.2. The van der Waals surface area contributed by atoms with E-state index in [1.165, 1.54) is 0 Å². The number of carbonyl (C=O) groups is 4. The van der Waals surface area contributed by atoms with Crippen molar-refractivity contribution < 1.29 is 42.4 Å². The minimum atomic E-state index is -4.27. The van der Waals surface area contributed by atoms with Crippen molar-refractivity contribution in [2.45, 2.75) is 33.3 Å². The van der Waals surface area contributed by atoms with Gasteiger partial charge in [-0.15, -0.1) is 0 Å². The van der Waals surface area contributed by atoms with Crippen LogP contribution in [0.3, 0.4) is 0 Å². The maximum atomic E-state index is 12.2. The lowest BCUT2D eigenvalue weighted by molar-refractivity contribution is -0.141. The van der Waals surface area contributed by atoms with Gasteiger partial charge in [0.15, 0.2) is 6.10 Å². The largest absolute Gasteiger partial charge is 0.472 e. The van der Waals surface area contributed by atoms with Gasteiger partial charge in [-0.2, -0.15) is 0 Å². The third-order valence-corrected chi connectivity index (χ3v) is 5.51. The molecule has 1 aliphatic heterocycles. The van der Waals surface area contributed by atoms with Crippen LogP contribution >= 0.6 is 19.6 Å². The zero-order chi connectivity index (χ0) is 22.8. The Balaban J connectivity index is 2.24. The van der Waals surface area contributed by atoms with E-state index in [2.05, 4.69) is 15.4 Å². The van der Waals surface area contributed by atoms with E-state index in [1.807, 2.05) is 0 Å². The maximum absolute atomic E-state index is 12.2. The van der Waals surface area contributed by atoms with Crippen molar-refractivity contribution in [1.29, 1.82) is 0 Å². The van der Waals surface area contributed by atoms with Crippen LogP contribution in [0.2, 0.25) is 0 Å². The zero-order valence-electron chi connectivity index (χ0n) is 17.0. The molecule has 0 aromatic rings. The van der Waals surface area contributed by atoms with Gasteiger partial charge in [0.1, 0.15) is 0 Å². The molecule has 11 nitrogen and oxygen atoms in total. The van der Waals surface area contributed by atoms with Crippen LogP contribution in [0.4, 0.5) is 0 Å². The van der Waals surface area contributed by atoms with Gasteiger partial charge in [-0.25, -0.2) is 9.36 Å². The first-order valence-corrected chi connectivity index (χ1v) is 11.7. The molecular formula is C17H27N2O9PS. The van der Waals surface area contributed by atoms with Crippen LogP contribution in [0.5, 0.6) is 0 Å². The molecule has 0 radical (unpaired) electrons. The Morgan fingerprint density at radius 2 is 1.93 bits per heavy atom. The number of nitrogens with one attached hydrogen (secondary N) is 2. The molecule has 0 aromatic carbocycles. The smallest absolute Gasteiger partial charge is 0.463 e. The lowest BCUT2D eigenvalue weighted by Gasteiger charge is -2.38. The van der Waals surface area contributed by atoms with Crippen molar-refractivity contribution in [2.75, 3.05) is 32.1 Å². The fourth-order valence-corrected chi connectivity index (χ4v) is 4.00. The molecule has 0 bridgehead atoms. The van der Waals surface area contributed by atoms with E-state index in [-0.39, 0.29) is 43.7 Å². The third-order valence-electron chi connectivity index (χ3n) is 3.75. The molecule has 1 saturated heterocycles. The minimum Gasteiger partial charge on any atom is -0.463 e. The molecule has 1 fully saturated rings. The molecule has 2 amide bonds. The van der Waals surface area contributed by atoms with Crippen LogP contribution in [0, 0.1) is 5.41 Å². The Hall–Kier alpha value is -1.72. The number of phosphoric ester groups is 1. The highest BCUT2D eigenvalue weighted by Gasteiger charge is 2.47. The lowest BCUT2D eigenvalue weighted by Crippen LogP contribution is -2.49. The van der Waals surface area contributed by atoms with Crippen LogP contribution in [0.15, 0.2) is 12.2 Å². The molecule has 170 valence electrons. The lowest BCUT2D eigenvalue weighted by atomic mass is 9.87. The van der Waals surface area contributed by atoms with Gasteiger partial charge in [0.2, 0.25) is 16.9 Å². The van der Waals surface area contributed by atoms with Gasteiger partial charge in [-0.3, -0.25) is 23.4 Å². The number of carbonyl (C=O) groups excluding carboxylic acids is 4. The van der Waals surface area contributed by atoms with E-state index in [1.54, 1.807) is 20.8 Å². The molecule has 1 unspecified atom stereocenters. The van der Waals surface area contributed by atoms with Crippen LogP contribution in [-0.2, 0) is 37.5 Å². The van der Waals surface area contributed by atoms with E-state index in [9.17, 15) is 28.6 Å². The summed E-state index contributed by atoms with van der Waals surface area (Å²) in [6.07, 6.45) is 0.938. The Kier molecular flexibility index (Phi) is 10.7. The second-order valence-corrected chi connectivity index (χ2v) is 9.37. The molecular weight excluding hydrogens is 439 g/mol. The van der Waals surface area contributed by atoms with Gasteiger partial charge in [-0.05, 0) is 13.0 Å². The topological polar surface area (TPSA) is 157 Å². The van der Waals surface area contributed by atoms with Crippen molar-refractivity contribution in [3.8, 4) is 0 Å². The summed E-state index contributed by atoms with van der Waals surface area (Å²) in [4.78, 5) is 56.1. The monoisotopic (exact) mass is 466 g/mol. The summed E-state index contributed by atoms with van der Waals surface area (Å²) in [6.45, 7) is 5.30. The van der Waals surface area contributed by atoms with Gasteiger partial charge in [-0.1, -0.05) is 25.6 Å². The van der Waals surface area contributed by atoms with Crippen molar-refractivity contribution in [1.82, 2.24) is 10.6 Å². The molecule has 0 aliphatic carbocycles. The molecule has 1 aliphatic rings. The van der Waals surface area contributed by atoms with E-state index < -0.39 is 31.2 Å². The number of esters is 1. The van der Waals surface area contributed by atoms with E-state index >= 15 is 0 Å². The summed E-state index contributed by atoms with van der Waals surface area (Å²) in [5.41, 5.74) is -0.811. The average molecular weight is 466 g/mol. The van der Waals surface area contributed by atoms with E-state index in [0.717, 1.165) is 23.9 Å². The third kappa shape index (κ3) is 9.86. The molecule has 0 saturated carbocycles. The average Bonchev–Trinajstić information content (AvgIpc) is 2.66. The summed E-state index contributed by atoms with van der Waals surface area (Å²) in [5, 5.41) is 4.75. The summed E-state index contributed by atoms with van der Waals surface area (Å²) in [6, 6.07) is 0. The van der Waals surface area contributed by atoms with Crippen LogP contribution in [-0.4, -0.2) is 66.0 Å². The van der Waals surface area contributed by atoms with E-state index in [0.29, 0.717) is 5.75 Å². The number of rotatable bonds is 10. The predicted octanol–water partition coefficient (Wildman–Crippen LogP) is 0.530. The Bertz CT molecular complexity index is 726. The van der Waals surface area contributed by atoms with Crippen LogP contribution in [0.1, 0.15) is 27.2 Å². The highest BCUT2D eigenvalue weighted by atomic mass is 32.2.